The van der Waals surface area contributed by atoms with Crippen LogP contribution in [0.15, 0.2) is 45.9 Å². The van der Waals surface area contributed by atoms with Crippen molar-refractivity contribution in [2.75, 3.05) is 11.1 Å². The van der Waals surface area contributed by atoms with Crippen molar-refractivity contribution in [2.24, 2.45) is 0 Å². The van der Waals surface area contributed by atoms with Gasteiger partial charge in [0.05, 0.1) is 17.1 Å². The summed E-state index contributed by atoms with van der Waals surface area (Å²) in [5, 5.41) is 19.1. The second kappa shape index (κ2) is 8.06. The van der Waals surface area contributed by atoms with Gasteiger partial charge >= 0.3 is 0 Å². The lowest BCUT2D eigenvalue weighted by Gasteiger charge is -2.21. The fourth-order valence-electron chi connectivity index (χ4n) is 3.77. The number of aryl methyl sites for hydroxylation is 2. The van der Waals surface area contributed by atoms with Crippen LogP contribution in [0.5, 0.6) is 0 Å². The number of anilines is 2. The van der Waals surface area contributed by atoms with Gasteiger partial charge in [-0.2, -0.15) is 5.10 Å². The maximum absolute atomic E-state index is 13.9. The molecule has 0 amide bonds. The van der Waals surface area contributed by atoms with Crippen LogP contribution in [0, 0.1) is 19.7 Å². The molecule has 4 heterocycles. The fourth-order valence-corrected chi connectivity index (χ4v) is 3.77. The van der Waals surface area contributed by atoms with Gasteiger partial charge in [-0.15, -0.1) is 10.2 Å². The third-order valence-corrected chi connectivity index (χ3v) is 5.35. The number of benzene rings is 1. The van der Waals surface area contributed by atoms with Crippen molar-refractivity contribution in [1.82, 2.24) is 34.9 Å². The van der Waals surface area contributed by atoms with E-state index in [9.17, 15) is 9.18 Å². The number of fused-ring (bicyclic) bond motifs is 1. The normalized spacial score (nSPS) is 12.2. The lowest BCUT2D eigenvalue weighted by atomic mass is 10.1. The summed E-state index contributed by atoms with van der Waals surface area (Å²) < 4.78 is 20.9. The number of nitrogens with one attached hydrogen (secondary N) is 2. The smallest absolute Gasteiger partial charge is 0.264 e. The van der Waals surface area contributed by atoms with Gasteiger partial charge in [-0.1, -0.05) is 6.07 Å². The average molecular weight is 461 g/mol. The first kappa shape index (κ1) is 21.2. The van der Waals surface area contributed by atoms with Gasteiger partial charge in [0.2, 0.25) is 5.89 Å². The lowest BCUT2D eigenvalue weighted by Crippen LogP contribution is -2.26. The summed E-state index contributed by atoms with van der Waals surface area (Å²) in [6.07, 6.45) is 1.31. The van der Waals surface area contributed by atoms with Crippen molar-refractivity contribution in [2.45, 2.75) is 26.8 Å². The molecule has 0 aliphatic heterocycles. The van der Waals surface area contributed by atoms with Crippen LogP contribution in [0.3, 0.4) is 0 Å². The monoisotopic (exact) mass is 461 g/mol. The molecule has 0 unspecified atom stereocenters. The summed E-state index contributed by atoms with van der Waals surface area (Å²) in [5.41, 5.74) is 7.38. The zero-order valence-electron chi connectivity index (χ0n) is 18.5. The van der Waals surface area contributed by atoms with Gasteiger partial charge in [0, 0.05) is 18.7 Å². The van der Waals surface area contributed by atoms with Gasteiger partial charge in [0.15, 0.2) is 5.82 Å². The van der Waals surface area contributed by atoms with Crippen LogP contribution in [0.1, 0.15) is 30.2 Å². The summed E-state index contributed by atoms with van der Waals surface area (Å²) in [6.45, 7) is 5.34. The first-order chi connectivity index (χ1) is 16.3. The van der Waals surface area contributed by atoms with E-state index in [1.807, 2.05) is 13.8 Å². The topological polar surface area (TPSA) is 153 Å². The molecule has 0 saturated heterocycles. The summed E-state index contributed by atoms with van der Waals surface area (Å²) >= 11 is 0. The first-order valence-corrected chi connectivity index (χ1v) is 10.4. The summed E-state index contributed by atoms with van der Waals surface area (Å²) in [7, 11) is 0. The predicted octanol–water partition coefficient (Wildman–Crippen LogP) is 3.07. The molecule has 1 atom stereocenters. The van der Waals surface area contributed by atoms with E-state index in [-0.39, 0.29) is 17.1 Å². The molecule has 4 aromatic heterocycles. The molecule has 0 radical (unpaired) electrons. The number of aromatic amines is 1. The third-order valence-electron chi connectivity index (χ3n) is 5.35. The van der Waals surface area contributed by atoms with Gasteiger partial charge in [-0.25, -0.2) is 14.4 Å². The second-order valence-electron chi connectivity index (χ2n) is 7.83. The molecule has 12 heteroatoms. The van der Waals surface area contributed by atoms with E-state index in [1.165, 1.54) is 23.0 Å². The molecule has 0 aliphatic rings. The second-order valence-corrected chi connectivity index (χ2v) is 7.83. The van der Waals surface area contributed by atoms with Crippen molar-refractivity contribution >= 4 is 22.4 Å². The van der Waals surface area contributed by atoms with Gasteiger partial charge in [0.1, 0.15) is 29.3 Å². The van der Waals surface area contributed by atoms with Gasteiger partial charge in [0.25, 0.3) is 11.4 Å². The number of H-pyrrole nitrogens is 1. The summed E-state index contributed by atoms with van der Waals surface area (Å²) in [6, 6.07) is 7.16. The number of nitrogens with zero attached hydrogens (tertiary/aromatic N) is 6. The highest BCUT2D eigenvalue weighted by Gasteiger charge is 2.22. The van der Waals surface area contributed by atoms with Crippen LogP contribution in [-0.2, 0) is 0 Å². The highest BCUT2D eigenvalue weighted by molar-refractivity contribution is 5.83. The van der Waals surface area contributed by atoms with Crippen molar-refractivity contribution in [3.63, 3.8) is 0 Å². The zero-order valence-corrected chi connectivity index (χ0v) is 18.5. The minimum Gasteiger partial charge on any atom is -0.421 e. The lowest BCUT2D eigenvalue weighted by molar-refractivity contribution is 0.532. The van der Waals surface area contributed by atoms with E-state index in [0.29, 0.717) is 34.2 Å². The number of aromatic nitrogens is 7. The number of hydrogen-bond acceptors (Lipinski definition) is 9. The van der Waals surface area contributed by atoms with Gasteiger partial charge < -0.3 is 15.5 Å². The molecule has 5 aromatic rings. The van der Waals surface area contributed by atoms with E-state index in [4.69, 9.17) is 10.2 Å². The maximum Gasteiger partial charge on any atom is 0.264 e. The first-order valence-electron chi connectivity index (χ1n) is 10.4. The molecular weight excluding hydrogens is 441 g/mol. The Hall–Kier alpha value is -4.61. The molecule has 5 rings (SSSR count). The van der Waals surface area contributed by atoms with Crippen LogP contribution >= 0.6 is 0 Å². The quantitative estimate of drug-likeness (QED) is 0.358. The number of nitrogens with two attached hydrogens (primary N) is 1. The minimum atomic E-state index is -0.496. The Balaban J connectivity index is 1.66. The zero-order chi connectivity index (χ0) is 24.0. The molecule has 172 valence electrons. The Morgan fingerprint density at radius 2 is 2.00 bits per heavy atom. The van der Waals surface area contributed by atoms with Crippen molar-refractivity contribution in [3.8, 4) is 17.3 Å². The summed E-state index contributed by atoms with van der Waals surface area (Å²) in [5.74, 6) is 0.917. The molecule has 0 fully saturated rings. The molecule has 0 bridgehead atoms. The van der Waals surface area contributed by atoms with E-state index in [1.54, 1.807) is 25.1 Å². The minimum absolute atomic E-state index is 0.155. The number of pyridine rings is 1. The standard InChI is InChI=1S/C22H20FN9O2/c1-10-6-17(30-28-10)32-16(7-13-4-5-14(23)8-15(13)22(32)33)11(2)27-20-18(19(24)25-9-26-20)21-31-29-12(3)34-21/h4-9,11H,1-3H3,(H,28,30)(H3,24,25,26,27)/t11-/m0/s1. The molecular formula is C22H20FN9O2. The molecule has 0 aliphatic carbocycles. The average Bonchev–Trinajstić information content (AvgIpc) is 3.42. The van der Waals surface area contributed by atoms with Crippen molar-refractivity contribution in [1.29, 1.82) is 0 Å². The molecule has 34 heavy (non-hydrogen) atoms. The molecule has 1 aromatic carbocycles. The highest BCUT2D eigenvalue weighted by Crippen LogP contribution is 2.32. The number of hydrogen-bond donors (Lipinski definition) is 3. The van der Waals surface area contributed by atoms with Crippen LogP contribution < -0.4 is 16.6 Å². The largest absolute Gasteiger partial charge is 0.421 e. The molecule has 0 saturated carbocycles. The Labute approximate surface area is 191 Å². The van der Waals surface area contributed by atoms with Gasteiger partial charge in [-0.3, -0.25) is 14.5 Å². The fraction of sp³-hybridized carbons (Fsp3) is 0.182. The number of rotatable bonds is 5. The third kappa shape index (κ3) is 3.64. The summed E-state index contributed by atoms with van der Waals surface area (Å²) in [4.78, 5) is 21.8. The van der Waals surface area contributed by atoms with E-state index in [2.05, 4.69) is 35.7 Å². The molecule has 4 N–H and O–H groups in total. The molecule has 11 nitrogen and oxygen atoms in total. The van der Waals surface area contributed by atoms with Crippen molar-refractivity contribution < 1.29 is 8.81 Å². The van der Waals surface area contributed by atoms with E-state index in [0.717, 1.165) is 5.69 Å². The molecule has 0 spiro atoms. The van der Waals surface area contributed by atoms with Crippen LogP contribution in [0.4, 0.5) is 16.0 Å². The van der Waals surface area contributed by atoms with Gasteiger partial charge in [-0.05, 0) is 37.4 Å². The van der Waals surface area contributed by atoms with Crippen LogP contribution in [0.25, 0.3) is 28.0 Å². The van der Waals surface area contributed by atoms with Crippen LogP contribution in [0.2, 0.25) is 0 Å². The Bertz CT molecular complexity index is 1590. The SMILES string of the molecule is Cc1cc(-n2c([C@H](C)Nc3ncnc(N)c3-c3nnc(C)o3)cc3ccc(F)cc3c2=O)n[nH]1. The van der Waals surface area contributed by atoms with Crippen LogP contribution in [-0.4, -0.2) is 34.9 Å². The Morgan fingerprint density at radius 1 is 1.18 bits per heavy atom. The van der Waals surface area contributed by atoms with Crippen molar-refractivity contribution in [3.05, 3.63) is 70.1 Å². The van der Waals surface area contributed by atoms with E-state index < -0.39 is 17.4 Å². The number of halogens is 1. The maximum atomic E-state index is 13.9. The Kier molecular flexibility index (Phi) is 5.04. The Morgan fingerprint density at radius 3 is 2.71 bits per heavy atom. The highest BCUT2D eigenvalue weighted by atomic mass is 19.1. The number of nitrogen functional groups attached to an aromatic ring is 1. The van der Waals surface area contributed by atoms with E-state index >= 15 is 0 Å². The predicted molar refractivity (Wildman–Crippen MR) is 123 cm³/mol.